The van der Waals surface area contributed by atoms with E-state index in [1.165, 1.54) is 18.5 Å². The van der Waals surface area contributed by atoms with Gasteiger partial charge in [0.2, 0.25) is 0 Å². The first kappa shape index (κ1) is 17.3. The Bertz CT molecular complexity index is 912. The molecule has 2 aromatic carbocycles. The molecule has 0 fully saturated rings. The summed E-state index contributed by atoms with van der Waals surface area (Å²) in [6.45, 7) is 0. The summed E-state index contributed by atoms with van der Waals surface area (Å²) in [6.07, 6.45) is 1.26. The van der Waals surface area contributed by atoms with Crippen LogP contribution in [0.4, 0.5) is 27.3 Å². The molecule has 0 saturated heterocycles. The fraction of sp³-hybridized carbons (Fsp3) is 0.105. The van der Waals surface area contributed by atoms with Gasteiger partial charge >= 0.3 is 0 Å². The Labute approximate surface area is 150 Å². The van der Waals surface area contributed by atoms with Crippen LogP contribution in [0.15, 0.2) is 60.9 Å². The van der Waals surface area contributed by atoms with Crippen LogP contribution >= 0.6 is 0 Å². The standard InChI is InChI=1S/C19H18FN5O/c1-25(2)14-9-7-13(8-10-14)23-19(26)17-11-18(22-12-21-17)24-16-6-4-3-5-15(16)20/h3-12H,1-2H3,(H,23,26)(H,21,22,24). The van der Waals surface area contributed by atoms with Crippen LogP contribution in [-0.2, 0) is 0 Å². The fourth-order valence-electron chi connectivity index (χ4n) is 2.29. The van der Waals surface area contributed by atoms with Crippen LogP contribution in [-0.4, -0.2) is 30.0 Å². The number of rotatable bonds is 5. The van der Waals surface area contributed by atoms with Crippen molar-refractivity contribution < 1.29 is 9.18 Å². The normalized spacial score (nSPS) is 10.3. The molecule has 1 amide bonds. The van der Waals surface area contributed by atoms with Gasteiger partial charge in [0.05, 0.1) is 5.69 Å². The monoisotopic (exact) mass is 351 g/mol. The topological polar surface area (TPSA) is 70.2 Å². The highest BCUT2D eigenvalue weighted by Crippen LogP contribution is 2.19. The van der Waals surface area contributed by atoms with Crippen LogP contribution in [0.25, 0.3) is 0 Å². The van der Waals surface area contributed by atoms with Gasteiger partial charge < -0.3 is 15.5 Å². The van der Waals surface area contributed by atoms with Gasteiger partial charge in [0, 0.05) is 31.5 Å². The van der Waals surface area contributed by atoms with Crippen molar-refractivity contribution in [2.75, 3.05) is 29.6 Å². The van der Waals surface area contributed by atoms with Gasteiger partial charge in [-0.25, -0.2) is 14.4 Å². The number of halogens is 1. The molecule has 0 bridgehead atoms. The van der Waals surface area contributed by atoms with Crippen molar-refractivity contribution in [1.29, 1.82) is 0 Å². The molecule has 0 aliphatic heterocycles. The summed E-state index contributed by atoms with van der Waals surface area (Å²) in [5, 5.41) is 5.62. The zero-order valence-electron chi connectivity index (χ0n) is 14.4. The molecule has 3 aromatic rings. The fourth-order valence-corrected chi connectivity index (χ4v) is 2.29. The van der Waals surface area contributed by atoms with Crippen LogP contribution in [0.1, 0.15) is 10.5 Å². The van der Waals surface area contributed by atoms with Crippen molar-refractivity contribution in [2.24, 2.45) is 0 Å². The Morgan fingerprint density at radius 3 is 2.46 bits per heavy atom. The molecule has 6 nitrogen and oxygen atoms in total. The molecule has 26 heavy (non-hydrogen) atoms. The summed E-state index contributed by atoms with van der Waals surface area (Å²) >= 11 is 0. The minimum atomic E-state index is -0.405. The zero-order chi connectivity index (χ0) is 18.5. The average molecular weight is 351 g/mol. The lowest BCUT2D eigenvalue weighted by atomic mass is 10.2. The molecule has 0 atom stereocenters. The first-order valence-corrected chi connectivity index (χ1v) is 7.95. The molecule has 0 aliphatic rings. The second-order valence-electron chi connectivity index (χ2n) is 5.79. The van der Waals surface area contributed by atoms with Crippen molar-refractivity contribution in [3.05, 3.63) is 72.4 Å². The van der Waals surface area contributed by atoms with E-state index in [2.05, 4.69) is 20.6 Å². The van der Waals surface area contributed by atoms with Gasteiger partial charge in [-0.3, -0.25) is 4.79 Å². The lowest BCUT2D eigenvalue weighted by Crippen LogP contribution is -2.14. The molecule has 3 rings (SSSR count). The lowest BCUT2D eigenvalue weighted by Gasteiger charge is -2.13. The highest BCUT2D eigenvalue weighted by molar-refractivity contribution is 6.03. The van der Waals surface area contributed by atoms with Crippen LogP contribution < -0.4 is 15.5 Å². The summed E-state index contributed by atoms with van der Waals surface area (Å²) < 4.78 is 13.7. The average Bonchev–Trinajstić information content (AvgIpc) is 2.64. The SMILES string of the molecule is CN(C)c1ccc(NC(=O)c2cc(Nc3ccccc3F)ncn2)cc1. The summed E-state index contributed by atoms with van der Waals surface area (Å²) in [4.78, 5) is 22.4. The first-order valence-electron chi connectivity index (χ1n) is 7.95. The van der Waals surface area contributed by atoms with E-state index in [9.17, 15) is 9.18 Å². The minimum Gasteiger partial charge on any atom is -0.378 e. The number of nitrogens with one attached hydrogen (secondary N) is 2. The summed E-state index contributed by atoms with van der Waals surface area (Å²) in [7, 11) is 3.89. The Balaban J connectivity index is 1.73. The van der Waals surface area contributed by atoms with Crippen molar-refractivity contribution in [1.82, 2.24) is 9.97 Å². The van der Waals surface area contributed by atoms with Gasteiger partial charge in [0.15, 0.2) is 0 Å². The van der Waals surface area contributed by atoms with E-state index < -0.39 is 5.82 Å². The summed E-state index contributed by atoms with van der Waals surface area (Å²) in [5.74, 6) is -0.446. The van der Waals surface area contributed by atoms with E-state index in [0.717, 1.165) is 5.69 Å². The number of hydrogen-bond donors (Lipinski definition) is 2. The maximum absolute atomic E-state index is 13.7. The Morgan fingerprint density at radius 1 is 1.04 bits per heavy atom. The van der Waals surface area contributed by atoms with E-state index in [0.29, 0.717) is 11.5 Å². The van der Waals surface area contributed by atoms with E-state index in [1.807, 2.05) is 43.3 Å². The quantitative estimate of drug-likeness (QED) is 0.734. The van der Waals surface area contributed by atoms with Gasteiger partial charge in [-0.05, 0) is 36.4 Å². The highest BCUT2D eigenvalue weighted by atomic mass is 19.1. The van der Waals surface area contributed by atoms with Crippen molar-refractivity contribution >= 4 is 28.8 Å². The molecule has 0 unspecified atom stereocenters. The third-order valence-electron chi connectivity index (χ3n) is 3.68. The largest absolute Gasteiger partial charge is 0.378 e. The third kappa shape index (κ3) is 4.13. The number of anilines is 4. The maximum atomic E-state index is 13.7. The second-order valence-corrected chi connectivity index (χ2v) is 5.79. The highest BCUT2D eigenvalue weighted by Gasteiger charge is 2.10. The predicted octanol–water partition coefficient (Wildman–Crippen LogP) is 3.68. The summed E-state index contributed by atoms with van der Waals surface area (Å²) in [6, 6.07) is 15.1. The van der Waals surface area contributed by atoms with E-state index in [4.69, 9.17) is 0 Å². The second kappa shape index (κ2) is 7.60. The number of benzene rings is 2. The molecular weight excluding hydrogens is 333 g/mol. The predicted molar refractivity (Wildman–Crippen MR) is 100 cm³/mol. The molecular formula is C19H18FN5O. The Morgan fingerprint density at radius 2 is 1.77 bits per heavy atom. The molecule has 7 heteroatoms. The van der Waals surface area contributed by atoms with Crippen molar-refractivity contribution in [2.45, 2.75) is 0 Å². The van der Waals surface area contributed by atoms with Gasteiger partial charge in [0.25, 0.3) is 5.91 Å². The Hall–Kier alpha value is -3.48. The number of hydrogen-bond acceptors (Lipinski definition) is 5. The van der Waals surface area contributed by atoms with E-state index >= 15 is 0 Å². The third-order valence-corrected chi connectivity index (χ3v) is 3.68. The minimum absolute atomic E-state index is 0.176. The van der Waals surface area contributed by atoms with Crippen LogP contribution in [0.2, 0.25) is 0 Å². The van der Waals surface area contributed by atoms with Gasteiger partial charge in [-0.15, -0.1) is 0 Å². The number of amides is 1. The molecule has 0 radical (unpaired) electrons. The molecule has 0 spiro atoms. The first-order chi connectivity index (χ1) is 12.5. The molecule has 1 heterocycles. The van der Waals surface area contributed by atoms with Gasteiger partial charge in [-0.1, -0.05) is 12.1 Å². The van der Waals surface area contributed by atoms with Crippen molar-refractivity contribution in [3.63, 3.8) is 0 Å². The van der Waals surface area contributed by atoms with Gasteiger partial charge in [-0.2, -0.15) is 0 Å². The van der Waals surface area contributed by atoms with Crippen LogP contribution in [0.3, 0.4) is 0 Å². The smallest absolute Gasteiger partial charge is 0.274 e. The van der Waals surface area contributed by atoms with Crippen molar-refractivity contribution in [3.8, 4) is 0 Å². The molecule has 0 aliphatic carbocycles. The summed E-state index contributed by atoms with van der Waals surface area (Å²) in [5.41, 5.74) is 2.14. The Kier molecular flexibility index (Phi) is 5.07. The lowest BCUT2D eigenvalue weighted by molar-refractivity contribution is 0.102. The van der Waals surface area contributed by atoms with E-state index in [-0.39, 0.29) is 17.3 Å². The molecule has 2 N–H and O–H groups in total. The molecule has 0 saturated carbocycles. The van der Waals surface area contributed by atoms with Crippen LogP contribution in [0.5, 0.6) is 0 Å². The van der Waals surface area contributed by atoms with Gasteiger partial charge in [0.1, 0.15) is 23.7 Å². The zero-order valence-corrected chi connectivity index (χ0v) is 14.4. The number of carbonyl (C=O) groups is 1. The number of nitrogens with zero attached hydrogens (tertiary/aromatic N) is 3. The van der Waals surface area contributed by atoms with Crippen LogP contribution in [0, 0.1) is 5.82 Å². The maximum Gasteiger partial charge on any atom is 0.274 e. The number of carbonyl (C=O) groups excluding carboxylic acids is 1. The molecule has 132 valence electrons. The number of aromatic nitrogens is 2. The number of para-hydroxylation sites is 1. The molecule has 1 aromatic heterocycles. The van der Waals surface area contributed by atoms with E-state index in [1.54, 1.807) is 18.2 Å².